The van der Waals surface area contributed by atoms with Gasteiger partial charge in [-0.15, -0.1) is 0 Å². The lowest BCUT2D eigenvalue weighted by Crippen LogP contribution is -2.49. The van der Waals surface area contributed by atoms with E-state index in [4.69, 9.17) is 0 Å². The third-order valence-corrected chi connectivity index (χ3v) is 4.76. The van der Waals surface area contributed by atoms with E-state index in [1.165, 1.54) is 12.8 Å². The monoisotopic (exact) mass is 351 g/mol. The van der Waals surface area contributed by atoms with Gasteiger partial charge in [0.15, 0.2) is 0 Å². The highest BCUT2D eigenvalue weighted by atomic mass is 19.1. The van der Waals surface area contributed by atoms with Crippen LogP contribution in [0.25, 0.3) is 0 Å². The SMILES string of the molecule is O=C(NCCCC(=O)N1CCN(C2CC2)CC1)c1ccc(F)cc1F. The lowest BCUT2D eigenvalue weighted by molar-refractivity contribution is -0.133. The molecular weight excluding hydrogens is 328 g/mol. The van der Waals surface area contributed by atoms with Crippen molar-refractivity contribution in [2.45, 2.75) is 31.7 Å². The summed E-state index contributed by atoms with van der Waals surface area (Å²) in [5, 5.41) is 2.57. The molecule has 3 rings (SSSR count). The number of piperazine rings is 1. The molecule has 1 saturated heterocycles. The highest BCUT2D eigenvalue weighted by molar-refractivity contribution is 5.94. The van der Waals surface area contributed by atoms with Crippen LogP contribution in [0.15, 0.2) is 18.2 Å². The number of benzene rings is 1. The average molecular weight is 351 g/mol. The number of hydrogen-bond donors (Lipinski definition) is 1. The largest absolute Gasteiger partial charge is 0.352 e. The van der Waals surface area contributed by atoms with Crippen molar-refractivity contribution >= 4 is 11.8 Å². The van der Waals surface area contributed by atoms with Crippen LogP contribution >= 0.6 is 0 Å². The molecule has 7 heteroatoms. The first-order valence-corrected chi connectivity index (χ1v) is 8.79. The zero-order chi connectivity index (χ0) is 17.8. The quantitative estimate of drug-likeness (QED) is 0.795. The van der Waals surface area contributed by atoms with Gasteiger partial charge in [-0.25, -0.2) is 8.78 Å². The average Bonchev–Trinajstić information content (AvgIpc) is 3.43. The van der Waals surface area contributed by atoms with Gasteiger partial charge in [-0.1, -0.05) is 0 Å². The molecule has 0 radical (unpaired) electrons. The minimum absolute atomic E-state index is 0.0951. The molecule has 0 unspecified atom stereocenters. The molecule has 1 aliphatic carbocycles. The molecular formula is C18H23F2N3O2. The maximum absolute atomic E-state index is 13.5. The Balaban J connectivity index is 1.35. The van der Waals surface area contributed by atoms with E-state index in [0.29, 0.717) is 18.9 Å². The van der Waals surface area contributed by atoms with Gasteiger partial charge < -0.3 is 10.2 Å². The first-order valence-electron chi connectivity index (χ1n) is 8.79. The molecule has 2 aliphatic rings. The molecule has 1 N–H and O–H groups in total. The zero-order valence-electron chi connectivity index (χ0n) is 14.1. The second kappa shape index (κ2) is 7.91. The highest BCUT2D eigenvalue weighted by Crippen LogP contribution is 2.27. The van der Waals surface area contributed by atoms with Crippen molar-refractivity contribution < 1.29 is 18.4 Å². The zero-order valence-corrected chi connectivity index (χ0v) is 14.1. The van der Waals surface area contributed by atoms with Gasteiger partial charge in [0.1, 0.15) is 11.6 Å². The van der Waals surface area contributed by atoms with Crippen molar-refractivity contribution in [2.24, 2.45) is 0 Å². The Bertz CT molecular complexity index is 641. The molecule has 2 fully saturated rings. The van der Waals surface area contributed by atoms with Crippen LogP contribution in [0, 0.1) is 11.6 Å². The summed E-state index contributed by atoms with van der Waals surface area (Å²) in [7, 11) is 0. The fourth-order valence-corrected chi connectivity index (χ4v) is 3.14. The van der Waals surface area contributed by atoms with Crippen LogP contribution in [0.2, 0.25) is 0 Å². The fourth-order valence-electron chi connectivity index (χ4n) is 3.14. The molecule has 1 aromatic carbocycles. The van der Waals surface area contributed by atoms with E-state index in [0.717, 1.165) is 44.4 Å². The number of hydrogen-bond acceptors (Lipinski definition) is 3. The summed E-state index contributed by atoms with van der Waals surface area (Å²) >= 11 is 0. The Labute approximate surface area is 146 Å². The van der Waals surface area contributed by atoms with Crippen LogP contribution in [0.4, 0.5) is 8.78 Å². The van der Waals surface area contributed by atoms with Gasteiger partial charge in [0, 0.05) is 51.3 Å². The third-order valence-electron chi connectivity index (χ3n) is 4.76. The Morgan fingerprint density at radius 3 is 2.48 bits per heavy atom. The van der Waals surface area contributed by atoms with Crippen LogP contribution < -0.4 is 5.32 Å². The summed E-state index contributed by atoms with van der Waals surface area (Å²) in [6, 6.07) is 3.58. The van der Waals surface area contributed by atoms with E-state index in [1.54, 1.807) is 0 Å². The molecule has 0 bridgehead atoms. The van der Waals surface area contributed by atoms with E-state index in [9.17, 15) is 18.4 Å². The molecule has 136 valence electrons. The second-order valence-electron chi connectivity index (χ2n) is 6.63. The van der Waals surface area contributed by atoms with Gasteiger partial charge >= 0.3 is 0 Å². The molecule has 5 nitrogen and oxygen atoms in total. The fraction of sp³-hybridized carbons (Fsp3) is 0.556. The smallest absolute Gasteiger partial charge is 0.254 e. The standard InChI is InChI=1S/C18H23F2N3O2/c19-13-3-6-15(16(20)12-13)18(25)21-7-1-2-17(24)23-10-8-22(9-11-23)14-4-5-14/h3,6,12,14H,1-2,4-5,7-11H2,(H,21,25). The van der Waals surface area contributed by atoms with Crippen molar-refractivity contribution in [1.29, 1.82) is 0 Å². The van der Waals surface area contributed by atoms with Crippen molar-refractivity contribution in [2.75, 3.05) is 32.7 Å². The van der Waals surface area contributed by atoms with Crippen LogP contribution in [0.1, 0.15) is 36.0 Å². The number of halogens is 2. The molecule has 1 aliphatic heterocycles. The Morgan fingerprint density at radius 1 is 1.12 bits per heavy atom. The molecule has 1 saturated carbocycles. The molecule has 1 heterocycles. The number of carbonyl (C=O) groups is 2. The number of nitrogens with zero attached hydrogens (tertiary/aromatic N) is 2. The minimum atomic E-state index is -0.887. The Morgan fingerprint density at radius 2 is 1.84 bits per heavy atom. The molecule has 0 spiro atoms. The summed E-state index contributed by atoms with van der Waals surface area (Å²) < 4.78 is 26.3. The van der Waals surface area contributed by atoms with E-state index >= 15 is 0 Å². The van der Waals surface area contributed by atoms with E-state index < -0.39 is 17.5 Å². The van der Waals surface area contributed by atoms with E-state index in [1.807, 2.05) is 4.90 Å². The Kier molecular flexibility index (Phi) is 5.63. The van der Waals surface area contributed by atoms with E-state index in [-0.39, 0.29) is 18.0 Å². The van der Waals surface area contributed by atoms with Gasteiger partial charge in [-0.05, 0) is 31.4 Å². The molecule has 2 amide bonds. The summed E-state index contributed by atoms with van der Waals surface area (Å²) in [6.07, 6.45) is 3.41. The Hall–Kier alpha value is -2.02. The molecule has 1 aromatic rings. The number of rotatable bonds is 6. The summed E-state index contributed by atoms with van der Waals surface area (Å²) in [5.74, 6) is -2.11. The summed E-state index contributed by atoms with van der Waals surface area (Å²) in [4.78, 5) is 28.4. The van der Waals surface area contributed by atoms with Crippen molar-refractivity contribution in [3.8, 4) is 0 Å². The first-order chi connectivity index (χ1) is 12.0. The van der Waals surface area contributed by atoms with Gasteiger partial charge in [-0.3, -0.25) is 14.5 Å². The molecule has 0 atom stereocenters. The topological polar surface area (TPSA) is 52.7 Å². The number of nitrogens with one attached hydrogen (secondary N) is 1. The van der Waals surface area contributed by atoms with Gasteiger partial charge in [0.2, 0.25) is 5.91 Å². The van der Waals surface area contributed by atoms with E-state index in [2.05, 4.69) is 10.2 Å². The molecule has 0 aromatic heterocycles. The van der Waals surface area contributed by atoms with Crippen molar-refractivity contribution in [3.05, 3.63) is 35.4 Å². The maximum atomic E-state index is 13.5. The maximum Gasteiger partial charge on any atom is 0.254 e. The van der Waals surface area contributed by atoms with Crippen LogP contribution in [0.5, 0.6) is 0 Å². The lowest BCUT2D eigenvalue weighted by atomic mass is 10.2. The van der Waals surface area contributed by atoms with Crippen LogP contribution in [-0.4, -0.2) is 60.4 Å². The minimum Gasteiger partial charge on any atom is -0.352 e. The van der Waals surface area contributed by atoms with Crippen molar-refractivity contribution in [1.82, 2.24) is 15.1 Å². The van der Waals surface area contributed by atoms with Gasteiger partial charge in [0.25, 0.3) is 5.91 Å². The predicted octanol–water partition coefficient (Wildman–Crippen LogP) is 1.78. The second-order valence-corrected chi connectivity index (χ2v) is 6.63. The molecule has 25 heavy (non-hydrogen) atoms. The van der Waals surface area contributed by atoms with Crippen molar-refractivity contribution in [3.63, 3.8) is 0 Å². The normalized spacial score (nSPS) is 18.2. The summed E-state index contributed by atoms with van der Waals surface area (Å²) in [6.45, 7) is 3.70. The highest BCUT2D eigenvalue weighted by Gasteiger charge is 2.32. The first kappa shape index (κ1) is 17.8. The third kappa shape index (κ3) is 4.75. The summed E-state index contributed by atoms with van der Waals surface area (Å²) in [5.41, 5.74) is -0.191. The van der Waals surface area contributed by atoms with Gasteiger partial charge in [-0.2, -0.15) is 0 Å². The lowest BCUT2D eigenvalue weighted by Gasteiger charge is -2.34. The number of amides is 2. The van der Waals surface area contributed by atoms with Crippen LogP contribution in [0.3, 0.4) is 0 Å². The van der Waals surface area contributed by atoms with Crippen LogP contribution in [-0.2, 0) is 4.79 Å². The predicted molar refractivity (Wildman–Crippen MR) is 89.1 cm³/mol. The van der Waals surface area contributed by atoms with Gasteiger partial charge in [0.05, 0.1) is 5.56 Å². The number of carbonyl (C=O) groups excluding carboxylic acids is 2.